The molecule has 0 bridgehead atoms. The Labute approximate surface area is 181 Å². The molecule has 1 aliphatic rings. The second-order valence-corrected chi connectivity index (χ2v) is 8.73. The number of carbonyl (C=O) groups is 2. The van der Waals surface area contributed by atoms with Crippen molar-refractivity contribution in [1.29, 1.82) is 0 Å². The van der Waals surface area contributed by atoms with Gasteiger partial charge in [0.05, 0.1) is 10.6 Å². The number of hydrogen-bond acceptors (Lipinski definition) is 3. The molecule has 2 heterocycles. The molecular formula is C22H17IN2O2S. The summed E-state index contributed by atoms with van der Waals surface area (Å²) < 4.78 is 3.34. The van der Waals surface area contributed by atoms with Crippen molar-refractivity contribution in [2.45, 2.75) is 13.8 Å². The van der Waals surface area contributed by atoms with Crippen LogP contribution in [0.3, 0.4) is 0 Å². The van der Waals surface area contributed by atoms with Crippen molar-refractivity contribution in [3.05, 3.63) is 86.1 Å². The van der Waals surface area contributed by atoms with E-state index in [1.807, 2.05) is 44.2 Å². The van der Waals surface area contributed by atoms with E-state index in [-0.39, 0.29) is 11.1 Å². The van der Waals surface area contributed by atoms with Crippen LogP contribution in [0.2, 0.25) is 0 Å². The van der Waals surface area contributed by atoms with E-state index in [1.54, 1.807) is 12.1 Å². The van der Waals surface area contributed by atoms with Gasteiger partial charge in [-0.3, -0.25) is 9.59 Å². The normalized spacial score (nSPS) is 15.7. The summed E-state index contributed by atoms with van der Waals surface area (Å²) in [5.41, 5.74) is 4.72. The third-order valence-corrected chi connectivity index (χ3v) is 6.24. The molecule has 0 aliphatic carbocycles. The van der Waals surface area contributed by atoms with Crippen molar-refractivity contribution < 1.29 is 9.59 Å². The number of aromatic nitrogens is 1. The Morgan fingerprint density at radius 1 is 0.929 bits per heavy atom. The highest BCUT2D eigenvalue weighted by Gasteiger charge is 2.36. The zero-order valence-electron chi connectivity index (χ0n) is 15.3. The number of amides is 2. The van der Waals surface area contributed by atoms with Gasteiger partial charge in [0.2, 0.25) is 0 Å². The predicted molar refractivity (Wildman–Crippen MR) is 123 cm³/mol. The lowest BCUT2D eigenvalue weighted by Crippen LogP contribution is -2.27. The molecule has 1 saturated heterocycles. The first-order valence-electron chi connectivity index (χ1n) is 8.73. The molecule has 0 saturated carbocycles. The number of para-hydroxylation sites is 1. The van der Waals surface area contributed by atoms with Crippen molar-refractivity contribution in [3.8, 4) is 5.69 Å². The standard InChI is InChI=1S/C22H17IN2O2S/c1-14-12-16(15(2)24(14)19-10-8-17(23)9-11-19)13-20-21(26)25(22(27)28-20)18-6-4-3-5-7-18/h3-13H,1-2H3. The Kier molecular flexibility index (Phi) is 5.16. The van der Waals surface area contributed by atoms with Crippen LogP contribution in [0.1, 0.15) is 17.0 Å². The summed E-state index contributed by atoms with van der Waals surface area (Å²) in [5, 5.41) is -0.270. The second kappa shape index (κ2) is 7.60. The molecule has 0 spiro atoms. The van der Waals surface area contributed by atoms with Crippen LogP contribution in [0.5, 0.6) is 0 Å². The molecular weight excluding hydrogens is 483 g/mol. The van der Waals surface area contributed by atoms with Crippen molar-refractivity contribution >= 4 is 57.3 Å². The van der Waals surface area contributed by atoms with Gasteiger partial charge in [0, 0.05) is 20.6 Å². The SMILES string of the molecule is Cc1cc(C=C2SC(=O)N(c3ccccc3)C2=O)c(C)n1-c1ccc(I)cc1. The van der Waals surface area contributed by atoms with E-state index >= 15 is 0 Å². The van der Waals surface area contributed by atoms with Crippen LogP contribution >= 0.6 is 34.4 Å². The molecule has 2 amide bonds. The Morgan fingerprint density at radius 2 is 1.61 bits per heavy atom. The van der Waals surface area contributed by atoms with Gasteiger partial charge in [0.25, 0.3) is 11.1 Å². The lowest BCUT2D eigenvalue weighted by atomic mass is 10.2. The van der Waals surface area contributed by atoms with E-state index in [1.165, 1.54) is 8.47 Å². The van der Waals surface area contributed by atoms with Crippen molar-refractivity contribution in [3.63, 3.8) is 0 Å². The lowest BCUT2D eigenvalue weighted by molar-refractivity contribution is -0.113. The van der Waals surface area contributed by atoms with E-state index in [2.05, 4.69) is 51.4 Å². The molecule has 2 aromatic carbocycles. The molecule has 4 rings (SSSR count). The van der Waals surface area contributed by atoms with Crippen LogP contribution in [-0.2, 0) is 4.79 Å². The third-order valence-electron chi connectivity index (χ3n) is 4.65. The predicted octanol–water partition coefficient (Wildman–Crippen LogP) is 5.94. The van der Waals surface area contributed by atoms with E-state index < -0.39 is 0 Å². The molecule has 6 heteroatoms. The number of thioether (sulfide) groups is 1. The molecule has 140 valence electrons. The van der Waals surface area contributed by atoms with Gasteiger partial charge < -0.3 is 4.57 Å². The van der Waals surface area contributed by atoms with Crippen LogP contribution in [0.25, 0.3) is 11.8 Å². The minimum absolute atomic E-state index is 0.270. The quantitative estimate of drug-likeness (QED) is 0.330. The van der Waals surface area contributed by atoms with E-state index in [0.29, 0.717) is 10.6 Å². The molecule has 1 aliphatic heterocycles. The number of nitrogens with zero attached hydrogens (tertiary/aromatic N) is 2. The fourth-order valence-corrected chi connectivity index (χ4v) is 4.52. The minimum Gasteiger partial charge on any atom is -0.318 e. The number of aryl methyl sites for hydroxylation is 1. The first kappa shape index (κ1) is 19.0. The van der Waals surface area contributed by atoms with E-state index in [4.69, 9.17) is 0 Å². The summed E-state index contributed by atoms with van der Waals surface area (Å²) in [6, 6.07) is 19.4. The number of anilines is 1. The minimum atomic E-state index is -0.278. The maximum atomic E-state index is 12.8. The molecule has 28 heavy (non-hydrogen) atoms. The van der Waals surface area contributed by atoms with Crippen LogP contribution in [0.4, 0.5) is 10.5 Å². The Morgan fingerprint density at radius 3 is 2.29 bits per heavy atom. The van der Waals surface area contributed by atoms with E-state index in [0.717, 1.165) is 34.4 Å². The van der Waals surface area contributed by atoms with Crippen LogP contribution in [-0.4, -0.2) is 15.7 Å². The first-order valence-corrected chi connectivity index (χ1v) is 10.6. The van der Waals surface area contributed by atoms with Gasteiger partial charge in [-0.15, -0.1) is 0 Å². The largest absolute Gasteiger partial charge is 0.318 e. The van der Waals surface area contributed by atoms with Crippen molar-refractivity contribution in [1.82, 2.24) is 4.57 Å². The van der Waals surface area contributed by atoms with Crippen molar-refractivity contribution in [2.24, 2.45) is 0 Å². The highest BCUT2D eigenvalue weighted by Crippen LogP contribution is 2.36. The number of imide groups is 1. The second-order valence-electron chi connectivity index (χ2n) is 6.49. The molecule has 1 fully saturated rings. The number of halogens is 1. The van der Waals surface area contributed by atoms with Gasteiger partial charge in [-0.1, -0.05) is 18.2 Å². The molecule has 1 aromatic heterocycles. The maximum absolute atomic E-state index is 12.8. The maximum Gasteiger partial charge on any atom is 0.298 e. The average molecular weight is 500 g/mol. The van der Waals surface area contributed by atoms with Gasteiger partial charge in [-0.2, -0.15) is 0 Å². The third kappa shape index (κ3) is 3.42. The summed E-state index contributed by atoms with van der Waals surface area (Å²) in [7, 11) is 0. The summed E-state index contributed by atoms with van der Waals surface area (Å²) in [5.74, 6) is -0.278. The van der Waals surface area contributed by atoms with Gasteiger partial charge in [-0.25, -0.2) is 4.90 Å². The number of hydrogen-bond donors (Lipinski definition) is 0. The number of benzene rings is 2. The zero-order chi connectivity index (χ0) is 19.8. The summed E-state index contributed by atoms with van der Waals surface area (Å²) in [4.78, 5) is 26.9. The zero-order valence-corrected chi connectivity index (χ0v) is 18.3. The van der Waals surface area contributed by atoms with Gasteiger partial charge in [-0.05, 0) is 102 Å². The summed E-state index contributed by atoms with van der Waals surface area (Å²) >= 11 is 3.27. The van der Waals surface area contributed by atoms with E-state index in [9.17, 15) is 9.59 Å². The number of rotatable bonds is 3. The van der Waals surface area contributed by atoms with Gasteiger partial charge in [0.15, 0.2) is 0 Å². The van der Waals surface area contributed by atoms with Crippen LogP contribution in [0, 0.1) is 17.4 Å². The molecule has 0 atom stereocenters. The topological polar surface area (TPSA) is 42.3 Å². The fraction of sp³-hybridized carbons (Fsp3) is 0.0909. The van der Waals surface area contributed by atoms with Gasteiger partial charge in [0.1, 0.15) is 0 Å². The Hall–Kier alpha value is -2.32. The molecule has 3 aromatic rings. The lowest BCUT2D eigenvalue weighted by Gasteiger charge is -2.11. The van der Waals surface area contributed by atoms with Crippen LogP contribution < -0.4 is 4.90 Å². The molecule has 0 unspecified atom stereocenters. The van der Waals surface area contributed by atoms with Crippen molar-refractivity contribution in [2.75, 3.05) is 4.90 Å². The summed E-state index contributed by atoms with van der Waals surface area (Å²) in [6.45, 7) is 4.07. The number of carbonyl (C=O) groups excluding carboxylic acids is 2. The monoisotopic (exact) mass is 500 g/mol. The highest BCUT2D eigenvalue weighted by molar-refractivity contribution is 14.1. The Bertz CT molecular complexity index is 1100. The smallest absolute Gasteiger partial charge is 0.298 e. The summed E-state index contributed by atoms with van der Waals surface area (Å²) in [6.07, 6.45) is 1.82. The first-order chi connectivity index (χ1) is 13.5. The molecule has 4 nitrogen and oxygen atoms in total. The van der Waals surface area contributed by atoms with Crippen LogP contribution in [0.15, 0.2) is 65.6 Å². The average Bonchev–Trinajstić information content (AvgIpc) is 3.12. The fourth-order valence-electron chi connectivity index (χ4n) is 3.33. The molecule has 0 N–H and O–H groups in total. The molecule has 0 radical (unpaired) electrons. The Balaban J connectivity index is 1.70. The highest BCUT2D eigenvalue weighted by atomic mass is 127. The van der Waals surface area contributed by atoms with Gasteiger partial charge >= 0.3 is 0 Å².